The van der Waals surface area contributed by atoms with Crippen molar-refractivity contribution in [3.63, 3.8) is 0 Å². The molecular formula is C30H21BrCl2F3N3O. The number of anilines is 1. The van der Waals surface area contributed by atoms with Crippen LogP contribution in [0.15, 0.2) is 107 Å². The molecule has 0 aromatic heterocycles. The van der Waals surface area contributed by atoms with Crippen LogP contribution in [0.25, 0.3) is 0 Å². The van der Waals surface area contributed by atoms with Crippen LogP contribution in [0.1, 0.15) is 22.3 Å². The van der Waals surface area contributed by atoms with E-state index in [9.17, 15) is 18.0 Å². The number of halogens is 6. The number of alkyl halides is 3. The molecule has 0 spiro atoms. The Bertz CT molecular complexity index is 1560. The first kappa shape index (κ1) is 28.2. The van der Waals surface area contributed by atoms with E-state index < -0.39 is 22.2 Å². The maximum atomic E-state index is 13.5. The van der Waals surface area contributed by atoms with Gasteiger partial charge in [0, 0.05) is 20.7 Å². The molecule has 1 aliphatic rings. The van der Waals surface area contributed by atoms with Crippen LogP contribution in [-0.4, -0.2) is 29.7 Å². The number of benzene rings is 4. The largest absolute Gasteiger partial charge is 0.417 e. The molecule has 4 aromatic rings. The van der Waals surface area contributed by atoms with Gasteiger partial charge in [-0.15, -0.1) is 0 Å². The molecule has 10 heteroatoms. The Morgan fingerprint density at radius 1 is 0.925 bits per heavy atom. The van der Waals surface area contributed by atoms with Crippen LogP contribution in [0.4, 0.5) is 18.9 Å². The van der Waals surface area contributed by atoms with E-state index in [0.29, 0.717) is 22.0 Å². The van der Waals surface area contributed by atoms with Crippen LogP contribution in [-0.2, 0) is 16.4 Å². The number of carbonyl (C=O) groups is 1. The van der Waals surface area contributed by atoms with Gasteiger partial charge in [-0.25, -0.2) is 0 Å². The van der Waals surface area contributed by atoms with Crippen LogP contribution in [0.5, 0.6) is 0 Å². The average molecular weight is 647 g/mol. The Balaban J connectivity index is 1.61. The van der Waals surface area contributed by atoms with Crippen molar-refractivity contribution in [3.8, 4) is 0 Å². The minimum absolute atomic E-state index is 0.0872. The van der Waals surface area contributed by atoms with E-state index in [1.54, 1.807) is 29.3 Å². The van der Waals surface area contributed by atoms with E-state index >= 15 is 0 Å². The molecule has 0 aliphatic carbocycles. The number of rotatable bonds is 6. The summed E-state index contributed by atoms with van der Waals surface area (Å²) >= 11 is 15.7. The number of amides is 1. The first-order valence-electron chi connectivity index (χ1n) is 12.1. The molecule has 0 radical (unpaired) electrons. The molecule has 0 saturated carbocycles. The fraction of sp³-hybridized carbons (Fsp3) is 0.133. The third-order valence-electron chi connectivity index (χ3n) is 6.67. The van der Waals surface area contributed by atoms with Crippen LogP contribution in [0, 0.1) is 0 Å². The highest BCUT2D eigenvalue weighted by Crippen LogP contribution is 2.43. The van der Waals surface area contributed by atoms with Gasteiger partial charge in [-0.2, -0.15) is 18.3 Å². The van der Waals surface area contributed by atoms with Crippen LogP contribution in [0.3, 0.4) is 0 Å². The Labute approximate surface area is 247 Å². The van der Waals surface area contributed by atoms with E-state index in [1.807, 2.05) is 54.6 Å². The summed E-state index contributed by atoms with van der Waals surface area (Å²) in [6.45, 7) is 0.163. The second kappa shape index (κ2) is 11.3. The first-order valence-corrected chi connectivity index (χ1v) is 13.7. The van der Waals surface area contributed by atoms with Crippen molar-refractivity contribution in [3.05, 3.63) is 134 Å². The summed E-state index contributed by atoms with van der Waals surface area (Å²) in [4.78, 5) is 13.0. The van der Waals surface area contributed by atoms with Gasteiger partial charge in [0.15, 0.2) is 0 Å². The highest BCUT2D eigenvalue weighted by atomic mass is 79.9. The molecule has 1 amide bonds. The van der Waals surface area contributed by atoms with E-state index in [-0.39, 0.29) is 19.0 Å². The van der Waals surface area contributed by atoms with Gasteiger partial charge in [0.2, 0.25) is 5.91 Å². The number of hydrogen-bond acceptors (Lipinski definition) is 3. The fourth-order valence-corrected chi connectivity index (χ4v) is 5.56. The second-order valence-electron chi connectivity index (χ2n) is 9.30. The van der Waals surface area contributed by atoms with Crippen LogP contribution >= 0.6 is 39.1 Å². The maximum absolute atomic E-state index is 13.5. The summed E-state index contributed by atoms with van der Waals surface area (Å²) < 4.78 is 41.4. The van der Waals surface area contributed by atoms with Gasteiger partial charge in [0.25, 0.3) is 0 Å². The van der Waals surface area contributed by atoms with Gasteiger partial charge in [-0.1, -0.05) is 87.7 Å². The number of hydrogen-bond donors (Lipinski definition) is 1. The molecule has 0 fully saturated rings. The van der Waals surface area contributed by atoms with Crippen molar-refractivity contribution in [1.29, 1.82) is 0 Å². The van der Waals surface area contributed by atoms with Gasteiger partial charge in [0.1, 0.15) is 6.54 Å². The highest BCUT2D eigenvalue weighted by molar-refractivity contribution is 9.10. The van der Waals surface area contributed by atoms with Gasteiger partial charge in [-0.05, 0) is 59.7 Å². The second-order valence-corrected chi connectivity index (χ2v) is 11.1. The maximum Gasteiger partial charge on any atom is 0.417 e. The van der Waals surface area contributed by atoms with Gasteiger partial charge in [-0.3, -0.25) is 9.80 Å². The van der Waals surface area contributed by atoms with Crippen molar-refractivity contribution in [1.82, 2.24) is 5.01 Å². The fourth-order valence-electron chi connectivity index (χ4n) is 4.88. The molecule has 1 aliphatic heterocycles. The zero-order chi connectivity index (χ0) is 28.5. The Morgan fingerprint density at radius 2 is 1.57 bits per heavy atom. The monoisotopic (exact) mass is 645 g/mol. The lowest BCUT2D eigenvalue weighted by Gasteiger charge is -2.33. The van der Waals surface area contributed by atoms with E-state index in [4.69, 9.17) is 28.3 Å². The summed E-state index contributed by atoms with van der Waals surface area (Å²) in [6, 6.07) is 27.5. The van der Waals surface area contributed by atoms with Crippen LogP contribution in [0.2, 0.25) is 10.0 Å². The minimum Gasteiger partial charge on any atom is -0.324 e. The summed E-state index contributed by atoms with van der Waals surface area (Å²) in [5.74, 6) is -0.296. The third kappa shape index (κ3) is 5.75. The molecule has 0 saturated heterocycles. The highest BCUT2D eigenvalue weighted by Gasteiger charge is 2.47. The average Bonchev–Trinajstić information content (AvgIpc) is 3.30. The lowest BCUT2D eigenvalue weighted by molar-refractivity contribution is -0.137. The Hall–Kier alpha value is -3.33. The minimum atomic E-state index is -4.60. The Morgan fingerprint density at radius 3 is 2.20 bits per heavy atom. The summed E-state index contributed by atoms with van der Waals surface area (Å²) in [7, 11) is 0. The lowest BCUT2D eigenvalue weighted by Crippen LogP contribution is -2.41. The molecule has 204 valence electrons. The molecule has 0 bridgehead atoms. The molecule has 4 nitrogen and oxygen atoms in total. The molecule has 1 heterocycles. The van der Waals surface area contributed by atoms with Crippen LogP contribution < -0.4 is 5.32 Å². The predicted octanol–water partition coefficient (Wildman–Crippen LogP) is 8.42. The number of hydrazone groups is 1. The Kier molecular flexibility index (Phi) is 7.95. The summed E-state index contributed by atoms with van der Waals surface area (Å²) in [5, 5.41) is 9.41. The SMILES string of the molecule is O=C(CN1CC(c2ccccc2)(c2ccc(Cl)cc2)C(c2ccc(C(F)(F)F)c(Cl)c2)=N1)Nc1ccc(Br)cc1. The van der Waals surface area contributed by atoms with Crippen molar-refractivity contribution in [2.24, 2.45) is 5.10 Å². The molecule has 5 rings (SSSR count). The zero-order valence-corrected chi connectivity index (χ0v) is 23.8. The molecule has 4 aromatic carbocycles. The van der Waals surface area contributed by atoms with Gasteiger partial charge >= 0.3 is 6.18 Å². The number of nitrogens with one attached hydrogen (secondary N) is 1. The smallest absolute Gasteiger partial charge is 0.324 e. The topological polar surface area (TPSA) is 44.7 Å². The quantitative estimate of drug-likeness (QED) is 0.229. The molecule has 1 unspecified atom stereocenters. The first-order chi connectivity index (χ1) is 19.1. The van der Waals surface area contributed by atoms with Gasteiger partial charge < -0.3 is 5.32 Å². The van der Waals surface area contributed by atoms with E-state index in [2.05, 4.69) is 21.2 Å². The number of carbonyl (C=O) groups excluding carboxylic acids is 1. The molecule has 1 N–H and O–H groups in total. The standard InChI is InChI=1S/C30H21BrCl2F3N3O/c31-22-9-13-24(14-10-22)37-27(40)17-39-18-29(20-4-2-1-3-5-20,21-7-11-23(32)12-8-21)28(38-39)19-6-15-25(26(33)16-19)30(34,35)36/h1-16H,17-18H2,(H,37,40). The predicted molar refractivity (Wildman–Crippen MR) is 156 cm³/mol. The third-order valence-corrected chi connectivity index (χ3v) is 7.76. The molecule has 1 atom stereocenters. The van der Waals surface area contributed by atoms with Crippen molar-refractivity contribution in [2.75, 3.05) is 18.4 Å². The van der Waals surface area contributed by atoms with E-state index in [1.165, 1.54) is 12.1 Å². The van der Waals surface area contributed by atoms with Crippen molar-refractivity contribution >= 4 is 56.4 Å². The van der Waals surface area contributed by atoms with E-state index in [0.717, 1.165) is 21.7 Å². The lowest BCUT2D eigenvalue weighted by atomic mass is 9.69. The molecule has 40 heavy (non-hydrogen) atoms. The summed E-state index contributed by atoms with van der Waals surface area (Å²) in [5.41, 5.74) is 1.29. The van der Waals surface area contributed by atoms with Crippen molar-refractivity contribution in [2.45, 2.75) is 11.6 Å². The normalized spacial score (nSPS) is 17.1. The number of nitrogens with zero attached hydrogens (tertiary/aromatic N) is 2. The summed E-state index contributed by atoms with van der Waals surface area (Å²) in [6.07, 6.45) is -4.60. The zero-order valence-electron chi connectivity index (χ0n) is 20.7. The van der Waals surface area contributed by atoms with Gasteiger partial charge in [0.05, 0.1) is 28.3 Å². The molecular weight excluding hydrogens is 626 g/mol. The van der Waals surface area contributed by atoms with Crippen molar-refractivity contribution < 1.29 is 18.0 Å².